The fourth-order valence-corrected chi connectivity index (χ4v) is 4.77. The average molecular weight is 349 g/mol. The summed E-state index contributed by atoms with van der Waals surface area (Å²) in [6.07, 6.45) is 9.87. The number of aryl methyl sites for hydroxylation is 3. The first-order chi connectivity index (χ1) is 11.8. The molecule has 3 rings (SSSR count). The van der Waals surface area contributed by atoms with Crippen LogP contribution in [0.5, 0.6) is 0 Å². The summed E-state index contributed by atoms with van der Waals surface area (Å²) in [7, 11) is 0. The summed E-state index contributed by atoms with van der Waals surface area (Å²) in [5.74, 6) is 1.97. The molecule has 1 saturated heterocycles. The van der Waals surface area contributed by atoms with E-state index >= 15 is 0 Å². The maximum atomic E-state index is 4.87. The molecular formula is C19H32N4S. The lowest BCUT2D eigenvalue weighted by Crippen LogP contribution is -2.45. The third-order valence-electron chi connectivity index (χ3n) is 5.12. The van der Waals surface area contributed by atoms with Crippen molar-refractivity contribution >= 4 is 17.3 Å². The topological polar surface area (TPSA) is 40.5 Å². The Labute approximate surface area is 150 Å². The highest BCUT2D eigenvalue weighted by Crippen LogP contribution is 2.27. The fraction of sp³-hybridized carbons (Fsp3) is 0.789. The Morgan fingerprint density at radius 3 is 2.83 bits per heavy atom. The summed E-state index contributed by atoms with van der Waals surface area (Å²) in [6.45, 7) is 8.65. The normalized spacial score (nSPS) is 19.4. The van der Waals surface area contributed by atoms with E-state index in [-0.39, 0.29) is 0 Å². The van der Waals surface area contributed by atoms with Gasteiger partial charge in [0.15, 0.2) is 5.96 Å². The largest absolute Gasteiger partial charge is 0.357 e. The molecule has 5 heteroatoms. The van der Waals surface area contributed by atoms with Gasteiger partial charge in [-0.3, -0.25) is 4.99 Å². The summed E-state index contributed by atoms with van der Waals surface area (Å²) in [5.41, 5.74) is 1.39. The lowest BCUT2D eigenvalue weighted by atomic mass is 10.00. The quantitative estimate of drug-likeness (QED) is 0.502. The van der Waals surface area contributed by atoms with Crippen LogP contribution in [0.25, 0.3) is 0 Å². The minimum Gasteiger partial charge on any atom is -0.357 e. The molecule has 1 aliphatic heterocycles. The number of fused-ring (bicyclic) bond motifs is 1. The molecule has 1 aliphatic carbocycles. The first-order valence-electron chi connectivity index (χ1n) is 9.77. The minimum atomic E-state index is 0.861. The number of nitrogens with zero attached hydrogens (tertiary/aromatic N) is 3. The third-order valence-corrected chi connectivity index (χ3v) is 6.34. The molecule has 2 aliphatic rings. The van der Waals surface area contributed by atoms with Gasteiger partial charge in [-0.05, 0) is 57.8 Å². The van der Waals surface area contributed by atoms with Crippen molar-refractivity contribution in [3.05, 3.63) is 15.6 Å². The Balaban J connectivity index is 1.48. The Morgan fingerprint density at radius 1 is 1.29 bits per heavy atom. The van der Waals surface area contributed by atoms with Crippen molar-refractivity contribution in [2.24, 2.45) is 10.9 Å². The van der Waals surface area contributed by atoms with Crippen molar-refractivity contribution in [3.63, 3.8) is 0 Å². The predicted molar refractivity (Wildman–Crippen MR) is 103 cm³/mol. The molecule has 134 valence electrons. The van der Waals surface area contributed by atoms with E-state index in [1.807, 2.05) is 11.3 Å². The van der Waals surface area contributed by atoms with E-state index in [4.69, 9.17) is 9.98 Å². The number of likely N-dealkylation sites (tertiary alicyclic amines) is 1. The van der Waals surface area contributed by atoms with Crippen LogP contribution in [-0.4, -0.2) is 42.0 Å². The maximum absolute atomic E-state index is 4.87. The van der Waals surface area contributed by atoms with E-state index in [2.05, 4.69) is 24.1 Å². The third kappa shape index (κ3) is 4.71. The number of piperidine rings is 1. The van der Waals surface area contributed by atoms with Gasteiger partial charge in [-0.1, -0.05) is 6.92 Å². The van der Waals surface area contributed by atoms with Crippen LogP contribution in [0.2, 0.25) is 0 Å². The van der Waals surface area contributed by atoms with Gasteiger partial charge >= 0.3 is 0 Å². The molecule has 24 heavy (non-hydrogen) atoms. The van der Waals surface area contributed by atoms with Gasteiger partial charge in [-0.15, -0.1) is 11.3 Å². The van der Waals surface area contributed by atoms with Crippen LogP contribution in [0.4, 0.5) is 0 Å². The van der Waals surface area contributed by atoms with Crippen molar-refractivity contribution in [3.8, 4) is 0 Å². The van der Waals surface area contributed by atoms with E-state index in [0.29, 0.717) is 0 Å². The minimum absolute atomic E-state index is 0.861. The molecule has 0 atom stereocenters. The first-order valence-corrected chi connectivity index (χ1v) is 10.6. The number of thiazole rings is 1. The first kappa shape index (κ1) is 17.7. The van der Waals surface area contributed by atoms with Crippen LogP contribution in [0.15, 0.2) is 4.99 Å². The highest BCUT2D eigenvalue weighted by molar-refractivity contribution is 7.11. The van der Waals surface area contributed by atoms with E-state index < -0.39 is 0 Å². The van der Waals surface area contributed by atoms with Crippen LogP contribution in [0.3, 0.4) is 0 Å². The van der Waals surface area contributed by atoms with Gasteiger partial charge in [0.05, 0.1) is 10.7 Å². The molecule has 0 spiro atoms. The maximum Gasteiger partial charge on any atom is 0.193 e. The average Bonchev–Trinajstić information content (AvgIpc) is 3.01. The van der Waals surface area contributed by atoms with Gasteiger partial charge in [0, 0.05) is 37.5 Å². The molecular weight excluding hydrogens is 316 g/mol. The van der Waals surface area contributed by atoms with Gasteiger partial charge in [0.1, 0.15) is 0 Å². The van der Waals surface area contributed by atoms with Crippen LogP contribution < -0.4 is 5.32 Å². The Morgan fingerprint density at radius 2 is 2.08 bits per heavy atom. The number of aliphatic imine (C=N–C) groups is 1. The lowest BCUT2D eigenvalue weighted by Gasteiger charge is -2.33. The number of rotatable bonds is 5. The predicted octanol–water partition coefficient (Wildman–Crippen LogP) is 3.65. The molecule has 1 fully saturated rings. The van der Waals surface area contributed by atoms with Crippen LogP contribution in [0.1, 0.15) is 61.5 Å². The molecule has 1 aromatic heterocycles. The van der Waals surface area contributed by atoms with Crippen molar-refractivity contribution in [1.29, 1.82) is 0 Å². The second-order valence-electron chi connectivity index (χ2n) is 7.19. The number of hydrogen-bond donors (Lipinski definition) is 1. The molecule has 1 aromatic rings. The van der Waals surface area contributed by atoms with Gasteiger partial charge in [-0.25, -0.2) is 4.98 Å². The van der Waals surface area contributed by atoms with Gasteiger partial charge < -0.3 is 10.2 Å². The second-order valence-corrected chi connectivity index (χ2v) is 8.36. The zero-order valence-corrected chi connectivity index (χ0v) is 16.1. The van der Waals surface area contributed by atoms with Gasteiger partial charge in [0.2, 0.25) is 0 Å². The van der Waals surface area contributed by atoms with Crippen molar-refractivity contribution < 1.29 is 0 Å². The summed E-state index contributed by atoms with van der Waals surface area (Å²) < 4.78 is 0. The molecule has 0 unspecified atom stereocenters. The standard InChI is InChI=1S/C19H32N4S/c1-3-20-19(23-13-10-15(2)11-14-23)21-12-6-9-18-22-16-7-4-5-8-17(16)24-18/h15H,3-14H2,1-2H3,(H,20,21). The molecule has 0 radical (unpaired) electrons. The second kappa shape index (κ2) is 8.84. The summed E-state index contributed by atoms with van der Waals surface area (Å²) in [6, 6.07) is 0. The lowest BCUT2D eigenvalue weighted by molar-refractivity contribution is 0.273. The Kier molecular flexibility index (Phi) is 6.52. The SMILES string of the molecule is CCNC(=NCCCc1nc2c(s1)CCCC2)N1CCC(C)CC1. The molecule has 1 N–H and O–H groups in total. The molecule has 4 nitrogen and oxygen atoms in total. The van der Waals surface area contributed by atoms with E-state index in [1.54, 1.807) is 4.88 Å². The van der Waals surface area contributed by atoms with Crippen molar-refractivity contribution in [1.82, 2.24) is 15.2 Å². The highest BCUT2D eigenvalue weighted by Gasteiger charge is 2.18. The summed E-state index contributed by atoms with van der Waals surface area (Å²) >= 11 is 1.95. The van der Waals surface area contributed by atoms with Crippen LogP contribution in [-0.2, 0) is 19.3 Å². The van der Waals surface area contributed by atoms with E-state index in [9.17, 15) is 0 Å². The van der Waals surface area contributed by atoms with Crippen molar-refractivity contribution in [2.45, 2.75) is 65.2 Å². The van der Waals surface area contributed by atoms with Crippen LogP contribution >= 0.6 is 11.3 Å². The zero-order valence-electron chi connectivity index (χ0n) is 15.3. The summed E-state index contributed by atoms with van der Waals surface area (Å²) in [4.78, 5) is 13.7. The molecule has 0 bridgehead atoms. The highest BCUT2D eigenvalue weighted by atomic mass is 32.1. The number of hydrogen-bond acceptors (Lipinski definition) is 3. The monoisotopic (exact) mass is 348 g/mol. The zero-order chi connectivity index (χ0) is 16.8. The Bertz CT molecular complexity index is 520. The fourth-order valence-electron chi connectivity index (χ4n) is 3.57. The molecule has 0 aromatic carbocycles. The van der Waals surface area contributed by atoms with Gasteiger partial charge in [-0.2, -0.15) is 0 Å². The van der Waals surface area contributed by atoms with E-state index in [0.717, 1.165) is 50.9 Å². The van der Waals surface area contributed by atoms with E-state index in [1.165, 1.54) is 49.2 Å². The molecule has 0 amide bonds. The number of nitrogens with one attached hydrogen (secondary N) is 1. The summed E-state index contributed by atoms with van der Waals surface area (Å²) in [5, 5.41) is 4.80. The van der Waals surface area contributed by atoms with Crippen LogP contribution in [0, 0.1) is 5.92 Å². The van der Waals surface area contributed by atoms with Crippen molar-refractivity contribution in [2.75, 3.05) is 26.2 Å². The van der Waals surface area contributed by atoms with Gasteiger partial charge in [0.25, 0.3) is 0 Å². The smallest absolute Gasteiger partial charge is 0.193 e. The molecule has 0 saturated carbocycles. The number of aromatic nitrogens is 1. The number of guanidine groups is 1. The Hall–Kier alpha value is -1.10. The molecule has 2 heterocycles.